The molecule has 2 heterocycles. The van der Waals surface area contributed by atoms with E-state index in [1.54, 1.807) is 0 Å². The van der Waals surface area contributed by atoms with Crippen molar-refractivity contribution in [2.24, 2.45) is 0 Å². The van der Waals surface area contributed by atoms with E-state index in [0.29, 0.717) is 11.9 Å². The van der Waals surface area contributed by atoms with Crippen molar-refractivity contribution in [2.45, 2.75) is 25.4 Å². The van der Waals surface area contributed by atoms with Crippen LogP contribution < -0.4 is 5.73 Å². The first kappa shape index (κ1) is 11.3. The van der Waals surface area contributed by atoms with Gasteiger partial charge in [-0.1, -0.05) is 35.5 Å². The van der Waals surface area contributed by atoms with Crippen molar-refractivity contribution in [1.82, 2.24) is 10.1 Å². The molecule has 2 aromatic rings. The lowest BCUT2D eigenvalue weighted by Gasteiger charge is -2.22. The summed E-state index contributed by atoms with van der Waals surface area (Å²) in [6.07, 6.45) is 2.32. The Morgan fingerprint density at radius 1 is 1.33 bits per heavy atom. The van der Waals surface area contributed by atoms with Gasteiger partial charge < -0.3 is 10.3 Å². The quantitative estimate of drug-likeness (QED) is 0.900. The van der Waals surface area contributed by atoms with Crippen LogP contribution in [0.3, 0.4) is 0 Å². The maximum absolute atomic E-state index is 5.60. The summed E-state index contributed by atoms with van der Waals surface area (Å²) in [5.41, 5.74) is 7.89. The third kappa shape index (κ3) is 2.24. The van der Waals surface area contributed by atoms with E-state index in [9.17, 15) is 0 Å². The van der Waals surface area contributed by atoms with Crippen LogP contribution in [0.5, 0.6) is 0 Å². The lowest BCUT2D eigenvalue weighted by Crippen LogP contribution is -2.22. The minimum absolute atomic E-state index is 0.339. The summed E-state index contributed by atoms with van der Waals surface area (Å²) in [5.74, 6) is 0.400. The first-order valence-corrected chi connectivity index (χ1v) is 6.33. The zero-order chi connectivity index (χ0) is 12.4. The Bertz CT molecular complexity index is 509. The fourth-order valence-corrected chi connectivity index (χ4v) is 2.63. The molecule has 1 saturated heterocycles. The van der Waals surface area contributed by atoms with Crippen molar-refractivity contribution in [3.05, 3.63) is 47.7 Å². The van der Waals surface area contributed by atoms with Gasteiger partial charge in [0.1, 0.15) is 5.69 Å². The predicted octanol–water partition coefficient (Wildman–Crippen LogP) is 2.59. The highest BCUT2D eigenvalue weighted by atomic mass is 16.5. The van der Waals surface area contributed by atoms with E-state index in [4.69, 9.17) is 10.3 Å². The molecule has 0 amide bonds. The van der Waals surface area contributed by atoms with E-state index in [1.807, 2.05) is 12.1 Å². The lowest BCUT2D eigenvalue weighted by atomic mass is 10.1. The van der Waals surface area contributed by atoms with E-state index in [1.165, 1.54) is 12.0 Å². The molecule has 4 nitrogen and oxygen atoms in total. The average molecular weight is 243 g/mol. The highest BCUT2D eigenvalue weighted by molar-refractivity contribution is 5.26. The van der Waals surface area contributed by atoms with Crippen molar-refractivity contribution in [3.8, 4) is 0 Å². The van der Waals surface area contributed by atoms with Crippen molar-refractivity contribution >= 4 is 5.88 Å². The minimum Gasteiger partial charge on any atom is -0.368 e. The Kier molecular flexibility index (Phi) is 3.02. The molecule has 0 aliphatic carbocycles. The number of anilines is 1. The summed E-state index contributed by atoms with van der Waals surface area (Å²) in [6, 6.07) is 12.7. The number of aromatic nitrogens is 1. The molecule has 1 aromatic carbocycles. The van der Waals surface area contributed by atoms with Gasteiger partial charge in [-0.3, -0.25) is 4.90 Å². The Hall–Kier alpha value is -1.81. The maximum atomic E-state index is 5.60. The second-order valence-electron chi connectivity index (χ2n) is 4.77. The molecule has 94 valence electrons. The van der Waals surface area contributed by atoms with Gasteiger partial charge in [0, 0.05) is 12.6 Å². The Balaban J connectivity index is 1.75. The van der Waals surface area contributed by atoms with Crippen LogP contribution in [0.4, 0.5) is 5.88 Å². The number of benzene rings is 1. The van der Waals surface area contributed by atoms with Gasteiger partial charge in [-0.2, -0.15) is 0 Å². The number of hydrogen-bond acceptors (Lipinski definition) is 4. The topological polar surface area (TPSA) is 55.3 Å². The molecule has 4 heteroatoms. The molecule has 0 unspecified atom stereocenters. The number of nitrogens with zero attached hydrogens (tertiary/aromatic N) is 2. The molecule has 1 aliphatic heterocycles. The first-order valence-electron chi connectivity index (χ1n) is 6.33. The van der Waals surface area contributed by atoms with Crippen LogP contribution in [0.1, 0.15) is 30.1 Å². The van der Waals surface area contributed by atoms with Gasteiger partial charge in [0.15, 0.2) is 0 Å². The van der Waals surface area contributed by atoms with Crippen LogP contribution >= 0.6 is 0 Å². The molecule has 1 atom stereocenters. The van der Waals surface area contributed by atoms with Crippen molar-refractivity contribution < 1.29 is 4.52 Å². The van der Waals surface area contributed by atoms with Gasteiger partial charge in [-0.05, 0) is 24.9 Å². The predicted molar refractivity (Wildman–Crippen MR) is 69.7 cm³/mol. The first-order chi connectivity index (χ1) is 8.83. The standard InChI is InChI=1S/C14H17N3O/c15-14-9-12(16-18-14)13-7-4-8-17(13)10-11-5-2-1-3-6-11/h1-3,5-6,9,13H,4,7-8,10,15H2/t13-/m0/s1. The summed E-state index contributed by atoms with van der Waals surface area (Å²) in [6.45, 7) is 2.06. The Morgan fingerprint density at radius 2 is 2.17 bits per heavy atom. The molecule has 2 N–H and O–H groups in total. The van der Waals surface area contributed by atoms with Crippen LogP contribution in [0, 0.1) is 0 Å². The molecule has 0 radical (unpaired) electrons. The summed E-state index contributed by atoms with van der Waals surface area (Å²) >= 11 is 0. The Labute approximate surface area is 106 Å². The summed E-state index contributed by atoms with van der Waals surface area (Å²) in [7, 11) is 0. The highest BCUT2D eigenvalue weighted by Gasteiger charge is 2.28. The summed E-state index contributed by atoms with van der Waals surface area (Å²) < 4.78 is 4.98. The number of hydrogen-bond donors (Lipinski definition) is 1. The van der Waals surface area contributed by atoms with Gasteiger partial charge in [0.05, 0.1) is 6.04 Å². The monoisotopic (exact) mass is 243 g/mol. The second-order valence-corrected chi connectivity index (χ2v) is 4.77. The van der Waals surface area contributed by atoms with Crippen LogP contribution in [0.15, 0.2) is 40.9 Å². The highest BCUT2D eigenvalue weighted by Crippen LogP contribution is 2.32. The molecule has 0 saturated carbocycles. The van der Waals surface area contributed by atoms with Gasteiger partial charge in [0.2, 0.25) is 5.88 Å². The summed E-state index contributed by atoms with van der Waals surface area (Å²) in [4.78, 5) is 2.44. The van der Waals surface area contributed by atoms with E-state index in [-0.39, 0.29) is 0 Å². The molecule has 0 bridgehead atoms. The van der Waals surface area contributed by atoms with Crippen LogP contribution in [0.2, 0.25) is 0 Å². The smallest absolute Gasteiger partial charge is 0.222 e. The lowest BCUT2D eigenvalue weighted by molar-refractivity contribution is 0.237. The van der Waals surface area contributed by atoms with Gasteiger partial charge >= 0.3 is 0 Å². The van der Waals surface area contributed by atoms with Gasteiger partial charge in [0.25, 0.3) is 0 Å². The number of nitrogen functional groups attached to an aromatic ring is 1. The third-order valence-corrected chi connectivity index (χ3v) is 3.48. The molecular formula is C14H17N3O. The number of rotatable bonds is 3. The van der Waals surface area contributed by atoms with E-state index in [2.05, 4.69) is 34.3 Å². The molecule has 1 aliphatic rings. The van der Waals surface area contributed by atoms with Crippen LogP contribution in [0.25, 0.3) is 0 Å². The fourth-order valence-electron chi connectivity index (χ4n) is 2.63. The Morgan fingerprint density at radius 3 is 2.89 bits per heavy atom. The van der Waals surface area contributed by atoms with Crippen molar-refractivity contribution in [1.29, 1.82) is 0 Å². The summed E-state index contributed by atoms with van der Waals surface area (Å²) in [5, 5.41) is 4.05. The maximum Gasteiger partial charge on any atom is 0.222 e. The molecule has 0 spiro atoms. The van der Waals surface area contributed by atoms with Gasteiger partial charge in [-0.15, -0.1) is 0 Å². The molecule has 1 aromatic heterocycles. The number of likely N-dealkylation sites (tertiary alicyclic amines) is 1. The van der Waals surface area contributed by atoms with E-state index >= 15 is 0 Å². The second kappa shape index (κ2) is 4.82. The normalized spacial score (nSPS) is 20.3. The van der Waals surface area contributed by atoms with E-state index in [0.717, 1.165) is 25.2 Å². The zero-order valence-corrected chi connectivity index (χ0v) is 10.2. The fraction of sp³-hybridized carbons (Fsp3) is 0.357. The molecular weight excluding hydrogens is 226 g/mol. The van der Waals surface area contributed by atoms with Crippen molar-refractivity contribution in [2.75, 3.05) is 12.3 Å². The minimum atomic E-state index is 0.339. The van der Waals surface area contributed by atoms with Crippen molar-refractivity contribution in [3.63, 3.8) is 0 Å². The average Bonchev–Trinajstić information content (AvgIpc) is 2.99. The van der Waals surface area contributed by atoms with E-state index < -0.39 is 0 Å². The van der Waals surface area contributed by atoms with Crippen LogP contribution in [-0.2, 0) is 6.54 Å². The van der Waals surface area contributed by atoms with Crippen LogP contribution in [-0.4, -0.2) is 16.6 Å². The van der Waals surface area contributed by atoms with Gasteiger partial charge in [-0.25, -0.2) is 0 Å². The third-order valence-electron chi connectivity index (χ3n) is 3.48. The largest absolute Gasteiger partial charge is 0.368 e. The number of nitrogens with two attached hydrogens (primary N) is 1. The zero-order valence-electron chi connectivity index (χ0n) is 10.2. The SMILES string of the molecule is Nc1cc([C@@H]2CCCN2Cc2ccccc2)no1. The molecule has 18 heavy (non-hydrogen) atoms. The molecule has 1 fully saturated rings. The molecule has 3 rings (SSSR count).